The maximum absolute atomic E-state index is 11.6. The fraction of sp³-hybridized carbons (Fsp3) is 0.300. The van der Waals surface area contributed by atoms with Gasteiger partial charge in [0.1, 0.15) is 0 Å². The summed E-state index contributed by atoms with van der Waals surface area (Å²) >= 11 is 0. The van der Waals surface area contributed by atoms with E-state index in [0.29, 0.717) is 0 Å². The van der Waals surface area contributed by atoms with Gasteiger partial charge in [0.15, 0.2) is 5.44 Å². The largest absolute Gasteiger partial charge is 0.465 e. The fourth-order valence-corrected chi connectivity index (χ4v) is 2.07. The molecule has 0 saturated heterocycles. The molecule has 0 aliphatic carbocycles. The zero-order chi connectivity index (χ0) is 12.3. The number of hydrogen-bond donors (Lipinski definition) is 1. The molecule has 88 valence electrons. The van der Waals surface area contributed by atoms with Crippen LogP contribution >= 0.6 is 0 Å². The average Bonchev–Trinajstić information content (AvgIpc) is 2.28. The molecule has 0 fully saturated rings. The molecule has 0 aliphatic rings. The molecule has 1 unspecified atom stereocenters. The first-order valence-corrected chi connectivity index (χ1v) is 6.04. The molecular formula is C10H12O5S. The SMILES string of the molecule is COC(=O)c1cccc(S(=O)(=O)C(C)O)c1. The quantitative estimate of drug-likeness (QED) is 0.787. The summed E-state index contributed by atoms with van der Waals surface area (Å²) in [5, 5.41) is 9.12. The summed E-state index contributed by atoms with van der Waals surface area (Å²) in [5.41, 5.74) is -1.38. The van der Waals surface area contributed by atoms with Crippen LogP contribution in [0.25, 0.3) is 0 Å². The van der Waals surface area contributed by atoms with Crippen molar-refractivity contribution in [1.29, 1.82) is 0 Å². The van der Waals surface area contributed by atoms with Crippen molar-refractivity contribution in [3.63, 3.8) is 0 Å². The minimum absolute atomic E-state index is 0.106. The number of hydrogen-bond acceptors (Lipinski definition) is 5. The molecule has 1 rings (SSSR count). The molecule has 1 aromatic carbocycles. The van der Waals surface area contributed by atoms with Crippen LogP contribution in [0.4, 0.5) is 0 Å². The molecule has 1 N–H and O–H groups in total. The van der Waals surface area contributed by atoms with Crippen molar-refractivity contribution < 1.29 is 23.1 Å². The van der Waals surface area contributed by atoms with E-state index >= 15 is 0 Å². The molecule has 5 nitrogen and oxygen atoms in total. The number of benzene rings is 1. The van der Waals surface area contributed by atoms with E-state index in [2.05, 4.69) is 4.74 Å². The van der Waals surface area contributed by atoms with Crippen molar-refractivity contribution >= 4 is 15.8 Å². The Labute approximate surface area is 93.6 Å². The molecule has 6 heteroatoms. The van der Waals surface area contributed by atoms with Gasteiger partial charge in [0, 0.05) is 0 Å². The molecular weight excluding hydrogens is 232 g/mol. The lowest BCUT2D eigenvalue weighted by Crippen LogP contribution is -2.17. The molecule has 0 amide bonds. The van der Waals surface area contributed by atoms with Gasteiger partial charge < -0.3 is 9.84 Å². The van der Waals surface area contributed by atoms with Gasteiger partial charge in [-0.15, -0.1) is 0 Å². The fourth-order valence-electron chi connectivity index (χ4n) is 1.11. The summed E-state index contributed by atoms with van der Waals surface area (Å²) in [5.74, 6) is -0.623. The molecule has 0 saturated carbocycles. The number of aliphatic hydroxyl groups is 1. The third-order valence-electron chi connectivity index (χ3n) is 2.03. The van der Waals surface area contributed by atoms with E-state index in [1.54, 1.807) is 0 Å². The van der Waals surface area contributed by atoms with Crippen LogP contribution in [0.2, 0.25) is 0 Å². The van der Waals surface area contributed by atoms with Crippen molar-refractivity contribution in [1.82, 2.24) is 0 Å². The smallest absolute Gasteiger partial charge is 0.337 e. The second-order valence-electron chi connectivity index (χ2n) is 3.16. The van der Waals surface area contributed by atoms with E-state index < -0.39 is 21.2 Å². The summed E-state index contributed by atoms with van der Waals surface area (Å²) in [6.07, 6.45) is 0. The molecule has 1 aromatic rings. The first kappa shape index (κ1) is 12.7. The molecule has 0 aliphatic heterocycles. The molecule has 0 heterocycles. The number of sulfone groups is 1. The summed E-state index contributed by atoms with van der Waals surface area (Å²) in [7, 11) is -2.59. The molecule has 0 aromatic heterocycles. The molecule has 0 radical (unpaired) electrons. The van der Waals surface area contributed by atoms with Crippen molar-refractivity contribution in [3.8, 4) is 0 Å². The highest BCUT2D eigenvalue weighted by Gasteiger charge is 2.21. The predicted molar refractivity (Wildman–Crippen MR) is 56.6 cm³/mol. The van der Waals surface area contributed by atoms with Crippen LogP contribution in [0.1, 0.15) is 17.3 Å². The summed E-state index contributed by atoms with van der Waals surface area (Å²) < 4.78 is 27.7. The zero-order valence-electron chi connectivity index (χ0n) is 8.88. The maximum Gasteiger partial charge on any atom is 0.337 e. The summed E-state index contributed by atoms with van der Waals surface area (Å²) in [6.45, 7) is 1.15. The lowest BCUT2D eigenvalue weighted by Gasteiger charge is -2.07. The molecule has 0 spiro atoms. The minimum Gasteiger partial charge on any atom is -0.465 e. The Morgan fingerprint density at radius 1 is 1.44 bits per heavy atom. The Morgan fingerprint density at radius 3 is 2.56 bits per heavy atom. The first-order valence-electron chi connectivity index (χ1n) is 4.50. The van der Waals surface area contributed by atoms with Gasteiger partial charge in [0.05, 0.1) is 17.6 Å². The van der Waals surface area contributed by atoms with E-state index in [1.807, 2.05) is 0 Å². The van der Waals surface area contributed by atoms with Crippen LogP contribution in [0, 0.1) is 0 Å². The van der Waals surface area contributed by atoms with Gasteiger partial charge >= 0.3 is 5.97 Å². The normalized spacial score (nSPS) is 13.2. The van der Waals surface area contributed by atoms with Crippen molar-refractivity contribution in [3.05, 3.63) is 29.8 Å². The highest BCUT2D eigenvalue weighted by Crippen LogP contribution is 2.16. The predicted octanol–water partition coefficient (Wildman–Crippen LogP) is 0.585. The second-order valence-corrected chi connectivity index (χ2v) is 5.41. The molecule has 1 atom stereocenters. The highest BCUT2D eigenvalue weighted by atomic mass is 32.2. The first-order chi connectivity index (χ1) is 7.39. The van der Waals surface area contributed by atoms with Crippen molar-refractivity contribution in [2.75, 3.05) is 7.11 Å². The van der Waals surface area contributed by atoms with E-state index in [4.69, 9.17) is 5.11 Å². The van der Waals surface area contributed by atoms with Gasteiger partial charge in [-0.1, -0.05) is 6.07 Å². The maximum atomic E-state index is 11.6. The van der Waals surface area contributed by atoms with Gasteiger partial charge in [-0.2, -0.15) is 0 Å². The van der Waals surface area contributed by atoms with Gasteiger partial charge in [-0.05, 0) is 25.1 Å². The molecule has 0 bridgehead atoms. The van der Waals surface area contributed by atoms with Crippen LogP contribution in [-0.4, -0.2) is 32.0 Å². The third-order valence-corrected chi connectivity index (χ3v) is 3.84. The Bertz CT molecular complexity index is 490. The zero-order valence-corrected chi connectivity index (χ0v) is 9.69. The summed E-state index contributed by atoms with van der Waals surface area (Å²) in [4.78, 5) is 11.1. The van der Waals surface area contributed by atoms with Crippen LogP contribution in [0.5, 0.6) is 0 Å². The third kappa shape index (κ3) is 2.40. The van der Waals surface area contributed by atoms with Gasteiger partial charge in [-0.25, -0.2) is 13.2 Å². The number of aliphatic hydroxyl groups excluding tert-OH is 1. The number of carbonyl (C=O) groups is 1. The lowest BCUT2D eigenvalue weighted by molar-refractivity contribution is 0.0600. The van der Waals surface area contributed by atoms with Crippen LogP contribution in [0.15, 0.2) is 29.2 Å². The van der Waals surface area contributed by atoms with E-state index in [0.717, 1.165) is 6.92 Å². The summed E-state index contributed by atoms with van der Waals surface area (Å²) in [6, 6.07) is 5.34. The van der Waals surface area contributed by atoms with Gasteiger partial charge in [-0.3, -0.25) is 0 Å². The monoisotopic (exact) mass is 244 g/mol. The van der Waals surface area contributed by atoms with E-state index in [9.17, 15) is 13.2 Å². The standard InChI is InChI=1S/C10H12O5S/c1-7(11)16(13,14)9-5-3-4-8(6-9)10(12)15-2/h3-7,11H,1-2H3. The Hall–Kier alpha value is -1.40. The number of esters is 1. The van der Waals surface area contributed by atoms with Gasteiger partial charge in [0.2, 0.25) is 9.84 Å². The van der Waals surface area contributed by atoms with E-state index in [1.165, 1.54) is 31.4 Å². The lowest BCUT2D eigenvalue weighted by atomic mass is 10.2. The van der Waals surface area contributed by atoms with Crippen LogP contribution in [-0.2, 0) is 14.6 Å². The Balaban J connectivity index is 3.24. The number of carbonyl (C=O) groups excluding carboxylic acids is 1. The van der Waals surface area contributed by atoms with E-state index in [-0.39, 0.29) is 10.5 Å². The number of methoxy groups -OCH3 is 1. The highest BCUT2D eigenvalue weighted by molar-refractivity contribution is 7.91. The van der Waals surface area contributed by atoms with Gasteiger partial charge in [0.25, 0.3) is 0 Å². The molecule has 16 heavy (non-hydrogen) atoms. The number of rotatable bonds is 3. The van der Waals surface area contributed by atoms with Crippen molar-refractivity contribution in [2.24, 2.45) is 0 Å². The Kier molecular flexibility index (Phi) is 3.66. The Morgan fingerprint density at radius 2 is 2.06 bits per heavy atom. The van der Waals surface area contributed by atoms with Crippen LogP contribution < -0.4 is 0 Å². The number of ether oxygens (including phenoxy) is 1. The minimum atomic E-state index is -3.79. The second kappa shape index (κ2) is 4.63. The topological polar surface area (TPSA) is 80.7 Å². The van der Waals surface area contributed by atoms with Crippen LogP contribution in [0.3, 0.4) is 0 Å². The average molecular weight is 244 g/mol. The van der Waals surface area contributed by atoms with Crippen molar-refractivity contribution in [2.45, 2.75) is 17.3 Å².